The molecule has 0 amide bonds. The normalized spacial score (nSPS) is 21.9. The van der Waals surface area contributed by atoms with E-state index in [2.05, 4.69) is 57.6 Å². The Balaban J connectivity index is 3.17. The fraction of sp³-hybridized carbons (Fsp3) is 0.719. The summed E-state index contributed by atoms with van der Waals surface area (Å²) in [5, 5.41) is 0. The van der Waals surface area contributed by atoms with Crippen molar-refractivity contribution in [1.29, 1.82) is 0 Å². The third kappa shape index (κ3) is 13.3. The Labute approximate surface area is 336 Å². The fourth-order valence-corrected chi connectivity index (χ4v) is 4.29. The number of hydrogen-bond acceptors (Lipinski definition) is 11. The first-order valence-corrected chi connectivity index (χ1v) is 16.5. The maximum Gasteiger partial charge on any atom is 0.425 e. The molecule has 1 aliphatic carbocycles. The van der Waals surface area contributed by atoms with Crippen LogP contribution in [0.3, 0.4) is 0 Å². The average Bonchev–Trinajstić information content (AvgIpc) is 3.16. The summed E-state index contributed by atoms with van der Waals surface area (Å²) in [5.74, 6) is -39.7. The molecule has 1 fully saturated rings. The largest absolute Gasteiger partial charge is 0.456 e. The fourth-order valence-electron chi connectivity index (χ4n) is 4.29. The van der Waals surface area contributed by atoms with E-state index in [4.69, 9.17) is 0 Å². The molecule has 0 aromatic carbocycles. The molecule has 0 aromatic heterocycles. The zero-order valence-electron chi connectivity index (χ0n) is 31.0. The monoisotopic (exact) mass is 954 g/mol. The van der Waals surface area contributed by atoms with Gasteiger partial charge < -0.3 is 33.2 Å². The van der Waals surface area contributed by atoms with Gasteiger partial charge in [-0.3, -0.25) is 4.74 Å². The molecule has 0 aliphatic heterocycles. The number of alkyl halides is 19. The van der Waals surface area contributed by atoms with Crippen LogP contribution < -0.4 is 0 Å². The zero-order valence-corrected chi connectivity index (χ0v) is 31.0. The van der Waals surface area contributed by atoms with Gasteiger partial charge in [-0.05, 0) is 19.3 Å². The minimum Gasteiger partial charge on any atom is -0.456 e. The summed E-state index contributed by atoms with van der Waals surface area (Å²) in [6.45, 7) is -12.7. The SMILES string of the molecule is C=CC(=O)OCC(F)(F)C(F)(F)OCCCOCC1(F)CCC(F)(COCC(F)(COC(F)(F)C(F)(F)COC(=O)C=C)OC(F)(F)C(F)(F)COC(=O)C=C)C(F)(F)C1(F)F. The van der Waals surface area contributed by atoms with Crippen molar-refractivity contribution >= 4 is 17.9 Å². The number of ether oxygens (including phenoxy) is 8. The zero-order chi connectivity index (χ0) is 48.5. The van der Waals surface area contributed by atoms with E-state index in [9.17, 15) is 84.6 Å². The van der Waals surface area contributed by atoms with Crippen LogP contribution in [0.2, 0.25) is 0 Å². The van der Waals surface area contributed by atoms with E-state index < -0.39 is 162 Å². The average molecular weight is 955 g/mol. The van der Waals surface area contributed by atoms with Crippen LogP contribution in [0.25, 0.3) is 0 Å². The van der Waals surface area contributed by atoms with Crippen LogP contribution in [0.1, 0.15) is 19.3 Å². The molecule has 0 N–H and O–H groups in total. The predicted molar refractivity (Wildman–Crippen MR) is 163 cm³/mol. The highest BCUT2D eigenvalue weighted by Crippen LogP contribution is 2.59. The Morgan fingerprint density at radius 3 is 1.23 bits per heavy atom. The number of carbonyl (C=O) groups excluding carboxylic acids is 3. The Morgan fingerprint density at radius 1 is 0.484 bits per heavy atom. The summed E-state index contributed by atoms with van der Waals surface area (Å²) >= 11 is 0. The van der Waals surface area contributed by atoms with Crippen molar-refractivity contribution in [2.75, 3.05) is 59.5 Å². The lowest BCUT2D eigenvalue weighted by atomic mass is 9.72. The number of rotatable bonds is 28. The van der Waals surface area contributed by atoms with E-state index in [1.807, 2.05) is 0 Å². The second kappa shape index (κ2) is 20.3. The molecule has 0 aromatic rings. The highest BCUT2D eigenvalue weighted by atomic mass is 19.3. The first-order valence-electron chi connectivity index (χ1n) is 16.5. The molecule has 3 atom stereocenters. The smallest absolute Gasteiger partial charge is 0.425 e. The molecule has 1 aliphatic rings. The lowest BCUT2D eigenvalue weighted by molar-refractivity contribution is -0.433. The summed E-state index contributed by atoms with van der Waals surface area (Å²) in [6, 6.07) is 0. The van der Waals surface area contributed by atoms with Crippen molar-refractivity contribution in [3.8, 4) is 0 Å². The van der Waals surface area contributed by atoms with E-state index in [-0.39, 0.29) is 12.2 Å². The summed E-state index contributed by atoms with van der Waals surface area (Å²) in [5.41, 5.74) is -9.53. The van der Waals surface area contributed by atoms with Gasteiger partial charge in [0.25, 0.3) is 5.85 Å². The minimum absolute atomic E-state index is 0.136. The van der Waals surface area contributed by atoms with Crippen molar-refractivity contribution in [2.45, 2.75) is 84.4 Å². The first kappa shape index (κ1) is 56.1. The third-order valence-electron chi connectivity index (χ3n) is 7.88. The van der Waals surface area contributed by atoms with Crippen molar-refractivity contribution in [1.82, 2.24) is 0 Å². The lowest BCUT2D eigenvalue weighted by Crippen LogP contribution is -2.71. The Hall–Kier alpha value is -3.90. The van der Waals surface area contributed by atoms with Crippen LogP contribution in [0, 0.1) is 0 Å². The van der Waals surface area contributed by atoms with E-state index in [1.165, 1.54) is 0 Å². The molecular formula is C32H33F19O11. The molecule has 11 nitrogen and oxygen atoms in total. The number of esters is 3. The summed E-state index contributed by atoms with van der Waals surface area (Å²) in [7, 11) is 0. The van der Waals surface area contributed by atoms with E-state index in [0.29, 0.717) is 6.08 Å². The molecule has 0 saturated heterocycles. The lowest BCUT2D eigenvalue weighted by Gasteiger charge is -2.48. The molecule has 0 heterocycles. The van der Waals surface area contributed by atoms with Crippen LogP contribution in [0.5, 0.6) is 0 Å². The third-order valence-corrected chi connectivity index (χ3v) is 7.88. The van der Waals surface area contributed by atoms with Crippen molar-refractivity contribution in [2.24, 2.45) is 0 Å². The van der Waals surface area contributed by atoms with Gasteiger partial charge in [-0.15, -0.1) is 0 Å². The summed E-state index contributed by atoms with van der Waals surface area (Å²) < 4.78 is 304. The second-order valence-corrected chi connectivity index (χ2v) is 12.7. The van der Waals surface area contributed by atoms with E-state index >= 15 is 13.2 Å². The maximum atomic E-state index is 15.6. The molecule has 1 rings (SSSR count). The van der Waals surface area contributed by atoms with Crippen molar-refractivity contribution in [3.05, 3.63) is 38.0 Å². The Morgan fingerprint density at radius 2 is 0.839 bits per heavy atom. The van der Waals surface area contributed by atoms with Gasteiger partial charge in [0.05, 0.1) is 19.8 Å². The van der Waals surface area contributed by atoms with Crippen molar-refractivity contribution in [3.63, 3.8) is 0 Å². The molecule has 0 spiro atoms. The van der Waals surface area contributed by atoms with Gasteiger partial charge in [-0.1, -0.05) is 19.7 Å². The van der Waals surface area contributed by atoms with Gasteiger partial charge in [-0.2, -0.15) is 70.2 Å². The highest BCUT2D eigenvalue weighted by Gasteiger charge is 2.81. The number of hydrogen-bond donors (Lipinski definition) is 0. The van der Waals surface area contributed by atoms with Crippen LogP contribution >= 0.6 is 0 Å². The van der Waals surface area contributed by atoms with Gasteiger partial charge >= 0.3 is 65.8 Å². The summed E-state index contributed by atoms with van der Waals surface area (Å²) in [4.78, 5) is 32.8. The molecule has 0 radical (unpaired) electrons. The van der Waals surface area contributed by atoms with Gasteiger partial charge in [0.1, 0.15) is 13.2 Å². The number of carbonyl (C=O) groups is 3. The predicted octanol–water partition coefficient (Wildman–Crippen LogP) is 7.48. The Kier molecular flexibility index (Phi) is 18.4. The molecule has 30 heteroatoms. The van der Waals surface area contributed by atoms with Crippen LogP contribution in [0.4, 0.5) is 83.4 Å². The topological polar surface area (TPSA) is 125 Å². The second-order valence-electron chi connectivity index (χ2n) is 12.7. The molecule has 1 saturated carbocycles. The quantitative estimate of drug-likeness (QED) is 0.0255. The van der Waals surface area contributed by atoms with Crippen LogP contribution in [-0.2, 0) is 52.3 Å². The van der Waals surface area contributed by atoms with Crippen LogP contribution in [-0.4, -0.2) is 143 Å². The highest BCUT2D eigenvalue weighted by molar-refractivity contribution is 5.81. The van der Waals surface area contributed by atoms with E-state index in [0.717, 1.165) is 0 Å². The van der Waals surface area contributed by atoms with Gasteiger partial charge in [0.15, 0.2) is 19.8 Å². The van der Waals surface area contributed by atoms with Crippen LogP contribution in [0.15, 0.2) is 38.0 Å². The molecule has 0 bridgehead atoms. The molecular weight excluding hydrogens is 921 g/mol. The standard InChI is InChI=1S/C32H33F19O11/c1-4-19(52)57-16-25(36,37)30(46,47)60-11-7-10-55-12-22(33)8-9-23(34,29(44,45)28(22,42)43)13-56-14-24(35,62-32(50,51)27(40,41)18-59-21(54)6-3)15-61-31(48,49)26(38,39)17-58-20(53)5-2/h4-6H,1-3,7-18H2. The Bertz CT molecular complexity index is 1580. The van der Waals surface area contributed by atoms with Gasteiger partial charge in [0, 0.05) is 24.8 Å². The first-order chi connectivity index (χ1) is 27.9. The molecule has 62 heavy (non-hydrogen) atoms. The minimum atomic E-state index is -6.42. The van der Waals surface area contributed by atoms with E-state index in [1.54, 1.807) is 0 Å². The summed E-state index contributed by atoms with van der Waals surface area (Å²) in [6.07, 6.45) is -22.4. The molecule has 3 unspecified atom stereocenters. The molecule has 360 valence electrons. The number of halogens is 19. The van der Waals surface area contributed by atoms with Crippen molar-refractivity contribution < 1.29 is 136 Å². The van der Waals surface area contributed by atoms with Gasteiger partial charge in [0.2, 0.25) is 11.3 Å². The van der Waals surface area contributed by atoms with Gasteiger partial charge in [-0.25, -0.2) is 27.6 Å². The maximum absolute atomic E-state index is 15.6.